The molecule has 0 aliphatic rings. The highest BCUT2D eigenvalue weighted by atomic mass is 19.1. The maximum Gasteiger partial charge on any atom is 0.251 e. The summed E-state index contributed by atoms with van der Waals surface area (Å²) in [5.74, 6) is -1.20. The van der Waals surface area contributed by atoms with E-state index < -0.39 is 11.7 Å². The Bertz CT molecular complexity index is 1220. The van der Waals surface area contributed by atoms with Crippen molar-refractivity contribution in [2.75, 3.05) is 6.54 Å². The monoisotopic (exact) mass is 442 g/mol. The number of carbonyl (C=O) groups is 2. The first-order valence-corrected chi connectivity index (χ1v) is 10.5. The predicted octanol–water partition coefficient (Wildman–Crippen LogP) is 3.78. The van der Waals surface area contributed by atoms with E-state index in [1.54, 1.807) is 0 Å². The Morgan fingerprint density at radius 2 is 1.52 bits per heavy atom. The van der Waals surface area contributed by atoms with Crippen molar-refractivity contribution in [3.05, 3.63) is 114 Å². The van der Waals surface area contributed by atoms with Crippen LogP contribution in [0.25, 0.3) is 11.3 Å². The van der Waals surface area contributed by atoms with Gasteiger partial charge in [0.2, 0.25) is 5.91 Å². The maximum atomic E-state index is 13.0. The number of carbonyl (C=O) groups excluding carboxylic acids is 2. The van der Waals surface area contributed by atoms with Crippen molar-refractivity contribution >= 4 is 11.8 Å². The van der Waals surface area contributed by atoms with Crippen LogP contribution in [0.15, 0.2) is 91.1 Å². The summed E-state index contributed by atoms with van der Waals surface area (Å²) in [6, 6.07) is 24.9. The Morgan fingerprint density at radius 1 is 0.848 bits per heavy atom. The highest BCUT2D eigenvalue weighted by Crippen LogP contribution is 2.22. The fourth-order valence-electron chi connectivity index (χ4n) is 3.40. The number of benzene rings is 3. The van der Waals surface area contributed by atoms with Gasteiger partial charge in [-0.2, -0.15) is 5.10 Å². The third-order valence-electron chi connectivity index (χ3n) is 5.06. The zero-order valence-electron chi connectivity index (χ0n) is 17.9. The first-order chi connectivity index (χ1) is 16.1. The Hall–Kier alpha value is -4.26. The number of nitrogens with zero attached hydrogens (tertiary/aromatic N) is 2. The molecule has 1 aromatic heterocycles. The molecule has 0 aliphatic heterocycles. The summed E-state index contributed by atoms with van der Waals surface area (Å²) < 4.78 is 14.9. The van der Waals surface area contributed by atoms with Crippen molar-refractivity contribution in [2.24, 2.45) is 0 Å². The second-order valence-corrected chi connectivity index (χ2v) is 7.52. The lowest BCUT2D eigenvalue weighted by atomic mass is 10.1. The van der Waals surface area contributed by atoms with E-state index in [4.69, 9.17) is 5.10 Å². The largest absolute Gasteiger partial charge is 0.350 e. The molecule has 0 spiro atoms. The van der Waals surface area contributed by atoms with Gasteiger partial charge in [0.1, 0.15) is 5.82 Å². The van der Waals surface area contributed by atoms with Crippen LogP contribution in [-0.2, 0) is 17.9 Å². The SMILES string of the molecule is O=C(CNC(=O)c1ccc(F)cc1)NCc1cn(Cc2ccccc2)nc1-c1ccccc1. The number of hydrogen-bond acceptors (Lipinski definition) is 3. The minimum absolute atomic E-state index is 0.185. The lowest BCUT2D eigenvalue weighted by molar-refractivity contribution is -0.120. The van der Waals surface area contributed by atoms with Crippen LogP contribution in [-0.4, -0.2) is 28.1 Å². The number of aromatic nitrogens is 2. The van der Waals surface area contributed by atoms with Crippen LogP contribution >= 0.6 is 0 Å². The molecular formula is C26H23FN4O2. The van der Waals surface area contributed by atoms with Crippen LogP contribution in [0.1, 0.15) is 21.5 Å². The summed E-state index contributed by atoms with van der Waals surface area (Å²) >= 11 is 0. The molecule has 33 heavy (non-hydrogen) atoms. The Morgan fingerprint density at radius 3 is 2.21 bits per heavy atom. The first kappa shape index (κ1) is 22.0. The average molecular weight is 442 g/mol. The summed E-state index contributed by atoms with van der Waals surface area (Å²) in [4.78, 5) is 24.5. The Balaban J connectivity index is 1.41. The second-order valence-electron chi connectivity index (χ2n) is 7.52. The van der Waals surface area contributed by atoms with E-state index in [0.717, 1.165) is 22.4 Å². The van der Waals surface area contributed by atoms with Gasteiger partial charge in [-0.3, -0.25) is 14.3 Å². The summed E-state index contributed by atoms with van der Waals surface area (Å²) in [6.45, 7) is 0.696. The average Bonchev–Trinajstić information content (AvgIpc) is 3.25. The highest BCUT2D eigenvalue weighted by molar-refractivity contribution is 5.96. The van der Waals surface area contributed by atoms with Gasteiger partial charge in [0.15, 0.2) is 0 Å². The van der Waals surface area contributed by atoms with Crippen molar-refractivity contribution in [1.82, 2.24) is 20.4 Å². The number of nitrogens with one attached hydrogen (secondary N) is 2. The van der Waals surface area contributed by atoms with Crippen LogP contribution in [0.4, 0.5) is 4.39 Å². The van der Waals surface area contributed by atoms with Crippen LogP contribution in [0.2, 0.25) is 0 Å². The van der Waals surface area contributed by atoms with E-state index in [0.29, 0.717) is 6.54 Å². The van der Waals surface area contributed by atoms with E-state index in [-0.39, 0.29) is 24.6 Å². The molecule has 0 fully saturated rings. The van der Waals surface area contributed by atoms with Gasteiger partial charge < -0.3 is 10.6 Å². The van der Waals surface area contributed by atoms with Crippen molar-refractivity contribution in [3.8, 4) is 11.3 Å². The van der Waals surface area contributed by atoms with E-state index >= 15 is 0 Å². The van der Waals surface area contributed by atoms with Gasteiger partial charge in [0.05, 0.1) is 18.8 Å². The lowest BCUT2D eigenvalue weighted by Crippen LogP contribution is -2.36. The van der Waals surface area contributed by atoms with E-state index in [9.17, 15) is 14.0 Å². The standard InChI is InChI=1S/C26H23FN4O2/c27-23-13-11-21(12-14-23)26(33)29-16-24(32)28-15-22-18-31(17-19-7-3-1-4-8-19)30-25(22)20-9-5-2-6-10-20/h1-14,18H,15-17H2,(H,28,32)(H,29,33). The molecule has 4 rings (SSSR count). The second kappa shape index (κ2) is 10.4. The predicted molar refractivity (Wildman–Crippen MR) is 124 cm³/mol. The molecule has 0 bridgehead atoms. The van der Waals surface area contributed by atoms with Crippen molar-refractivity contribution < 1.29 is 14.0 Å². The molecule has 0 saturated carbocycles. The van der Waals surface area contributed by atoms with Gasteiger partial charge in [0, 0.05) is 29.4 Å². The molecule has 6 nitrogen and oxygen atoms in total. The van der Waals surface area contributed by atoms with Crippen LogP contribution < -0.4 is 10.6 Å². The molecular weight excluding hydrogens is 419 g/mol. The fraction of sp³-hybridized carbons (Fsp3) is 0.115. The fourth-order valence-corrected chi connectivity index (χ4v) is 3.40. The van der Waals surface area contributed by atoms with Gasteiger partial charge >= 0.3 is 0 Å². The van der Waals surface area contributed by atoms with Gasteiger partial charge in [-0.25, -0.2) is 4.39 Å². The molecule has 3 aromatic carbocycles. The third kappa shape index (κ3) is 5.92. The smallest absolute Gasteiger partial charge is 0.251 e. The minimum atomic E-state index is -0.439. The zero-order chi connectivity index (χ0) is 23.0. The van der Waals surface area contributed by atoms with Crippen LogP contribution in [0, 0.1) is 5.82 Å². The summed E-state index contributed by atoms with van der Waals surface area (Å²) in [7, 11) is 0. The molecule has 0 unspecified atom stereocenters. The summed E-state index contributed by atoms with van der Waals surface area (Å²) in [5.41, 5.74) is 4.03. The molecule has 7 heteroatoms. The van der Waals surface area contributed by atoms with Crippen molar-refractivity contribution in [1.29, 1.82) is 0 Å². The highest BCUT2D eigenvalue weighted by Gasteiger charge is 2.13. The number of hydrogen-bond donors (Lipinski definition) is 2. The summed E-state index contributed by atoms with van der Waals surface area (Å²) in [5, 5.41) is 10.1. The molecule has 166 valence electrons. The third-order valence-corrected chi connectivity index (χ3v) is 5.06. The molecule has 2 N–H and O–H groups in total. The van der Waals surface area contributed by atoms with Gasteiger partial charge in [-0.15, -0.1) is 0 Å². The molecule has 4 aromatic rings. The van der Waals surface area contributed by atoms with Crippen LogP contribution in [0.3, 0.4) is 0 Å². The molecule has 0 radical (unpaired) electrons. The van der Waals surface area contributed by atoms with Crippen LogP contribution in [0.5, 0.6) is 0 Å². The number of amides is 2. The van der Waals surface area contributed by atoms with Crippen molar-refractivity contribution in [3.63, 3.8) is 0 Å². The van der Waals surface area contributed by atoms with E-state index in [1.165, 1.54) is 24.3 Å². The van der Waals surface area contributed by atoms with Crippen molar-refractivity contribution in [2.45, 2.75) is 13.1 Å². The topological polar surface area (TPSA) is 76.0 Å². The molecule has 0 aliphatic carbocycles. The minimum Gasteiger partial charge on any atom is -0.350 e. The quantitative estimate of drug-likeness (QED) is 0.436. The van der Waals surface area contributed by atoms with Gasteiger partial charge in [0.25, 0.3) is 5.91 Å². The van der Waals surface area contributed by atoms with Gasteiger partial charge in [-0.1, -0.05) is 60.7 Å². The molecule has 1 heterocycles. The normalized spacial score (nSPS) is 10.6. The molecule has 0 saturated heterocycles. The maximum absolute atomic E-state index is 13.0. The number of halogens is 1. The summed E-state index contributed by atoms with van der Waals surface area (Å²) in [6.07, 6.45) is 1.92. The van der Waals surface area contributed by atoms with Gasteiger partial charge in [-0.05, 0) is 29.8 Å². The molecule has 2 amide bonds. The lowest BCUT2D eigenvalue weighted by Gasteiger charge is -2.07. The zero-order valence-corrected chi connectivity index (χ0v) is 17.9. The van der Waals surface area contributed by atoms with E-state index in [1.807, 2.05) is 71.5 Å². The first-order valence-electron chi connectivity index (χ1n) is 10.5. The Kier molecular flexibility index (Phi) is 6.90. The molecule has 0 atom stereocenters. The number of rotatable bonds is 8. The van der Waals surface area contributed by atoms with E-state index in [2.05, 4.69) is 10.6 Å². The Labute approximate surface area is 191 Å².